The number of ether oxygens (including phenoxy) is 3. The van der Waals surface area contributed by atoms with Crippen molar-refractivity contribution in [2.24, 2.45) is 0 Å². The predicted octanol–water partition coefficient (Wildman–Crippen LogP) is 2.54. The van der Waals surface area contributed by atoms with Crippen molar-refractivity contribution in [3.05, 3.63) is 54.6 Å². The Morgan fingerprint density at radius 2 is 1.54 bits per heavy atom. The molecule has 1 N–H and O–H groups in total. The van der Waals surface area contributed by atoms with Crippen molar-refractivity contribution < 1.29 is 23.8 Å². The van der Waals surface area contributed by atoms with Crippen LogP contribution in [0.15, 0.2) is 54.6 Å². The molecule has 1 atom stereocenters. The molecule has 0 fully saturated rings. The number of carbonyl (C=O) groups excluding carboxylic acids is 2. The highest BCUT2D eigenvalue weighted by molar-refractivity contribution is 5.84. The first-order valence-corrected chi connectivity index (χ1v) is 7.41. The Hall–Kier alpha value is -3.02. The monoisotopic (exact) mass is 329 g/mol. The van der Waals surface area contributed by atoms with Crippen LogP contribution in [0.5, 0.6) is 17.2 Å². The number of methoxy groups -OCH3 is 1. The zero-order valence-corrected chi connectivity index (χ0v) is 13.5. The molecule has 0 unspecified atom stereocenters. The molecule has 1 amide bonds. The normalized spacial score (nSPS) is 11.2. The average molecular weight is 329 g/mol. The van der Waals surface area contributed by atoms with E-state index in [1.54, 1.807) is 31.2 Å². The van der Waals surface area contributed by atoms with Crippen LogP contribution in [-0.2, 0) is 14.3 Å². The van der Waals surface area contributed by atoms with Crippen LogP contribution in [-0.4, -0.2) is 31.6 Å². The van der Waals surface area contributed by atoms with E-state index in [0.717, 1.165) is 5.75 Å². The van der Waals surface area contributed by atoms with Gasteiger partial charge in [0.1, 0.15) is 23.3 Å². The van der Waals surface area contributed by atoms with E-state index in [-0.39, 0.29) is 6.61 Å². The van der Waals surface area contributed by atoms with E-state index < -0.39 is 17.9 Å². The molecule has 0 saturated heterocycles. The standard InChI is InChI=1S/C18H19NO5/c1-13(18(21)22-2)19-17(20)12-23-14-8-10-16(11-9-14)24-15-6-4-3-5-7-15/h3-11,13H,12H2,1-2H3,(H,19,20)/t13-/m0/s1. The van der Waals surface area contributed by atoms with Crippen LogP contribution < -0.4 is 14.8 Å². The highest BCUT2D eigenvalue weighted by Gasteiger charge is 2.15. The summed E-state index contributed by atoms with van der Waals surface area (Å²) in [6.07, 6.45) is 0. The Morgan fingerprint density at radius 1 is 0.958 bits per heavy atom. The lowest BCUT2D eigenvalue weighted by atomic mass is 10.3. The Labute approximate surface area is 140 Å². The number of benzene rings is 2. The van der Waals surface area contributed by atoms with Gasteiger partial charge in [0.15, 0.2) is 6.61 Å². The van der Waals surface area contributed by atoms with Gasteiger partial charge in [0.2, 0.25) is 0 Å². The zero-order chi connectivity index (χ0) is 17.4. The highest BCUT2D eigenvalue weighted by atomic mass is 16.5. The van der Waals surface area contributed by atoms with E-state index in [9.17, 15) is 9.59 Å². The minimum absolute atomic E-state index is 0.194. The minimum atomic E-state index is -0.715. The van der Waals surface area contributed by atoms with Gasteiger partial charge in [0, 0.05) is 0 Å². The molecule has 126 valence electrons. The number of carbonyl (C=O) groups is 2. The molecule has 24 heavy (non-hydrogen) atoms. The molecule has 2 aromatic rings. The van der Waals surface area contributed by atoms with Crippen molar-refractivity contribution in [1.82, 2.24) is 5.32 Å². The van der Waals surface area contributed by atoms with E-state index in [0.29, 0.717) is 11.5 Å². The van der Waals surface area contributed by atoms with Gasteiger partial charge in [-0.05, 0) is 43.3 Å². The summed E-state index contributed by atoms with van der Waals surface area (Å²) in [5.74, 6) is 1.01. The second kappa shape index (κ2) is 8.57. The summed E-state index contributed by atoms with van der Waals surface area (Å²) >= 11 is 0. The Morgan fingerprint density at radius 3 is 2.17 bits per heavy atom. The second-order valence-corrected chi connectivity index (χ2v) is 4.99. The Bertz CT molecular complexity index is 670. The maximum Gasteiger partial charge on any atom is 0.328 e. The van der Waals surface area contributed by atoms with Gasteiger partial charge in [-0.25, -0.2) is 4.79 Å². The van der Waals surface area contributed by atoms with Crippen LogP contribution in [0.25, 0.3) is 0 Å². The van der Waals surface area contributed by atoms with E-state index >= 15 is 0 Å². The smallest absolute Gasteiger partial charge is 0.328 e. The van der Waals surface area contributed by atoms with Crippen LogP contribution >= 0.6 is 0 Å². The third-order valence-electron chi connectivity index (χ3n) is 3.10. The first kappa shape index (κ1) is 17.3. The molecule has 0 aliphatic heterocycles. The van der Waals surface area contributed by atoms with Crippen molar-refractivity contribution >= 4 is 11.9 Å². The minimum Gasteiger partial charge on any atom is -0.484 e. The summed E-state index contributed by atoms with van der Waals surface area (Å²) < 4.78 is 15.6. The number of esters is 1. The van der Waals surface area contributed by atoms with Crippen molar-refractivity contribution in [2.75, 3.05) is 13.7 Å². The molecule has 0 spiro atoms. The maximum absolute atomic E-state index is 11.7. The third-order valence-corrected chi connectivity index (χ3v) is 3.10. The average Bonchev–Trinajstić information content (AvgIpc) is 2.61. The topological polar surface area (TPSA) is 73.9 Å². The van der Waals surface area contributed by atoms with Gasteiger partial charge < -0.3 is 19.5 Å². The van der Waals surface area contributed by atoms with Gasteiger partial charge in [-0.2, -0.15) is 0 Å². The van der Waals surface area contributed by atoms with Crippen molar-refractivity contribution in [3.63, 3.8) is 0 Å². The zero-order valence-electron chi connectivity index (χ0n) is 13.5. The van der Waals surface area contributed by atoms with Crippen molar-refractivity contribution in [2.45, 2.75) is 13.0 Å². The molecule has 0 bridgehead atoms. The lowest BCUT2D eigenvalue weighted by Gasteiger charge is -2.12. The molecule has 0 aliphatic carbocycles. The number of amides is 1. The van der Waals surface area contributed by atoms with E-state index in [1.165, 1.54) is 7.11 Å². The van der Waals surface area contributed by atoms with Gasteiger partial charge in [0.05, 0.1) is 7.11 Å². The summed E-state index contributed by atoms with van der Waals surface area (Å²) in [4.78, 5) is 22.9. The number of hydrogen-bond donors (Lipinski definition) is 1. The maximum atomic E-state index is 11.7. The third kappa shape index (κ3) is 5.31. The fourth-order valence-electron chi connectivity index (χ4n) is 1.90. The SMILES string of the molecule is COC(=O)[C@H](C)NC(=O)COc1ccc(Oc2ccccc2)cc1. The van der Waals surface area contributed by atoms with Gasteiger partial charge in [0.25, 0.3) is 5.91 Å². The molecular weight excluding hydrogens is 310 g/mol. The lowest BCUT2D eigenvalue weighted by Crippen LogP contribution is -2.41. The number of nitrogens with one attached hydrogen (secondary N) is 1. The molecule has 0 saturated carbocycles. The molecule has 0 aliphatic rings. The van der Waals surface area contributed by atoms with Crippen LogP contribution in [0.3, 0.4) is 0 Å². The van der Waals surface area contributed by atoms with Gasteiger partial charge >= 0.3 is 5.97 Å². The summed E-state index contributed by atoms with van der Waals surface area (Å²) in [6, 6.07) is 15.6. The van der Waals surface area contributed by atoms with Gasteiger partial charge in [-0.3, -0.25) is 4.79 Å². The summed E-state index contributed by atoms with van der Waals surface area (Å²) in [6.45, 7) is 1.35. The predicted molar refractivity (Wildman–Crippen MR) is 88.1 cm³/mol. The van der Waals surface area contributed by atoms with E-state index in [4.69, 9.17) is 9.47 Å². The van der Waals surface area contributed by atoms with E-state index in [1.807, 2.05) is 30.3 Å². The first-order chi connectivity index (χ1) is 11.6. The van der Waals surface area contributed by atoms with Crippen molar-refractivity contribution in [1.29, 1.82) is 0 Å². The molecule has 6 nitrogen and oxygen atoms in total. The number of hydrogen-bond acceptors (Lipinski definition) is 5. The Balaban J connectivity index is 1.81. The fourth-order valence-corrected chi connectivity index (χ4v) is 1.90. The molecule has 2 aromatic carbocycles. The molecule has 0 heterocycles. The highest BCUT2D eigenvalue weighted by Crippen LogP contribution is 2.23. The fraction of sp³-hybridized carbons (Fsp3) is 0.222. The summed E-state index contributed by atoms with van der Waals surface area (Å²) in [5.41, 5.74) is 0. The lowest BCUT2D eigenvalue weighted by molar-refractivity contribution is -0.144. The van der Waals surface area contributed by atoms with Crippen LogP contribution in [0, 0.1) is 0 Å². The van der Waals surface area contributed by atoms with Gasteiger partial charge in [-0.1, -0.05) is 18.2 Å². The van der Waals surface area contributed by atoms with Crippen LogP contribution in [0.4, 0.5) is 0 Å². The molecule has 0 aromatic heterocycles. The first-order valence-electron chi connectivity index (χ1n) is 7.41. The second-order valence-electron chi connectivity index (χ2n) is 4.99. The molecule has 6 heteroatoms. The quantitative estimate of drug-likeness (QED) is 0.790. The van der Waals surface area contributed by atoms with Crippen LogP contribution in [0.1, 0.15) is 6.92 Å². The van der Waals surface area contributed by atoms with Crippen molar-refractivity contribution in [3.8, 4) is 17.2 Å². The van der Waals surface area contributed by atoms with Gasteiger partial charge in [-0.15, -0.1) is 0 Å². The van der Waals surface area contributed by atoms with Crippen LogP contribution in [0.2, 0.25) is 0 Å². The largest absolute Gasteiger partial charge is 0.484 e. The molecule has 0 radical (unpaired) electrons. The summed E-state index contributed by atoms with van der Waals surface area (Å²) in [5, 5.41) is 2.48. The molecular formula is C18H19NO5. The summed E-state index contributed by atoms with van der Waals surface area (Å²) in [7, 11) is 1.26. The number of para-hydroxylation sites is 1. The Kier molecular flexibility index (Phi) is 6.19. The van der Waals surface area contributed by atoms with E-state index in [2.05, 4.69) is 10.1 Å². The molecule has 2 rings (SSSR count). The number of rotatable bonds is 7.